The van der Waals surface area contributed by atoms with E-state index < -0.39 is 0 Å². The SMILES string of the molecule is CCNC(=NCc1cn[nH]c1C)N1CCN(C(=O)c2ccco2)CC1.I. The average molecular weight is 472 g/mol. The van der Waals surface area contributed by atoms with E-state index in [-0.39, 0.29) is 29.9 Å². The van der Waals surface area contributed by atoms with Crippen LogP contribution in [0.25, 0.3) is 0 Å². The summed E-state index contributed by atoms with van der Waals surface area (Å²) in [5.74, 6) is 1.21. The van der Waals surface area contributed by atoms with Crippen LogP contribution in [0.4, 0.5) is 0 Å². The second-order valence-electron chi connectivity index (χ2n) is 5.95. The molecule has 8 nitrogen and oxygen atoms in total. The Balaban J connectivity index is 0.00000243. The maximum atomic E-state index is 12.3. The van der Waals surface area contributed by atoms with Crippen LogP contribution in [0.2, 0.25) is 0 Å². The lowest BCUT2D eigenvalue weighted by molar-refractivity contribution is 0.0657. The van der Waals surface area contributed by atoms with E-state index in [0.717, 1.165) is 36.9 Å². The Bertz CT molecular complexity index is 719. The fourth-order valence-electron chi connectivity index (χ4n) is 2.80. The molecular formula is C17H25IN6O2. The average Bonchev–Trinajstić information content (AvgIpc) is 3.30. The quantitative estimate of drug-likeness (QED) is 0.403. The molecule has 1 fully saturated rings. The highest BCUT2D eigenvalue weighted by Crippen LogP contribution is 2.10. The lowest BCUT2D eigenvalue weighted by atomic mass is 10.2. The molecule has 0 aliphatic carbocycles. The summed E-state index contributed by atoms with van der Waals surface area (Å²) in [7, 11) is 0. The van der Waals surface area contributed by atoms with E-state index in [1.54, 1.807) is 12.1 Å². The van der Waals surface area contributed by atoms with Gasteiger partial charge in [-0.1, -0.05) is 0 Å². The predicted molar refractivity (Wildman–Crippen MR) is 110 cm³/mol. The molecule has 1 saturated heterocycles. The number of hydrogen-bond donors (Lipinski definition) is 2. The first-order chi connectivity index (χ1) is 12.2. The van der Waals surface area contributed by atoms with Crippen molar-refractivity contribution in [2.24, 2.45) is 4.99 Å². The van der Waals surface area contributed by atoms with Gasteiger partial charge in [-0.15, -0.1) is 24.0 Å². The topological polar surface area (TPSA) is 89.8 Å². The lowest BCUT2D eigenvalue weighted by Crippen LogP contribution is -2.53. The van der Waals surface area contributed by atoms with Crippen LogP contribution in [0.5, 0.6) is 0 Å². The number of amides is 1. The smallest absolute Gasteiger partial charge is 0.289 e. The fraction of sp³-hybridized carbons (Fsp3) is 0.471. The summed E-state index contributed by atoms with van der Waals surface area (Å²) in [6, 6.07) is 3.44. The highest BCUT2D eigenvalue weighted by Gasteiger charge is 2.25. The summed E-state index contributed by atoms with van der Waals surface area (Å²) in [5, 5.41) is 10.3. The van der Waals surface area contributed by atoms with E-state index in [9.17, 15) is 4.79 Å². The molecule has 2 aromatic rings. The number of halogens is 1. The number of carbonyl (C=O) groups excluding carboxylic acids is 1. The third-order valence-electron chi connectivity index (χ3n) is 4.27. The number of aromatic amines is 1. The largest absolute Gasteiger partial charge is 0.459 e. The number of H-pyrrole nitrogens is 1. The number of nitrogens with one attached hydrogen (secondary N) is 2. The van der Waals surface area contributed by atoms with Crippen molar-refractivity contribution in [3.63, 3.8) is 0 Å². The lowest BCUT2D eigenvalue weighted by Gasteiger charge is -2.36. The molecule has 0 aromatic carbocycles. The van der Waals surface area contributed by atoms with E-state index in [2.05, 4.69) is 27.3 Å². The Hall–Kier alpha value is -2.04. The Morgan fingerprint density at radius 1 is 1.35 bits per heavy atom. The predicted octanol–water partition coefficient (Wildman–Crippen LogP) is 1.85. The Morgan fingerprint density at radius 2 is 2.08 bits per heavy atom. The molecule has 1 aliphatic rings. The Kier molecular flexibility index (Phi) is 7.49. The molecule has 9 heteroatoms. The molecule has 1 aliphatic heterocycles. The van der Waals surface area contributed by atoms with Gasteiger partial charge < -0.3 is 19.5 Å². The van der Waals surface area contributed by atoms with E-state index >= 15 is 0 Å². The van der Waals surface area contributed by atoms with Gasteiger partial charge in [-0.25, -0.2) is 4.99 Å². The second-order valence-corrected chi connectivity index (χ2v) is 5.95. The van der Waals surface area contributed by atoms with Crippen molar-refractivity contribution in [2.75, 3.05) is 32.7 Å². The van der Waals surface area contributed by atoms with Crippen molar-refractivity contribution < 1.29 is 9.21 Å². The van der Waals surface area contributed by atoms with Gasteiger partial charge in [0.25, 0.3) is 5.91 Å². The van der Waals surface area contributed by atoms with Crippen molar-refractivity contribution >= 4 is 35.8 Å². The maximum absolute atomic E-state index is 12.3. The fourth-order valence-corrected chi connectivity index (χ4v) is 2.80. The van der Waals surface area contributed by atoms with Gasteiger partial charge in [-0.05, 0) is 26.0 Å². The third kappa shape index (κ3) is 4.77. The summed E-state index contributed by atoms with van der Waals surface area (Å²) >= 11 is 0. The summed E-state index contributed by atoms with van der Waals surface area (Å²) in [5.41, 5.74) is 2.12. The van der Waals surface area contributed by atoms with Gasteiger partial charge in [0.15, 0.2) is 11.7 Å². The summed E-state index contributed by atoms with van der Waals surface area (Å²) < 4.78 is 5.20. The molecule has 2 N–H and O–H groups in total. The summed E-state index contributed by atoms with van der Waals surface area (Å²) in [6.07, 6.45) is 3.33. The van der Waals surface area contributed by atoms with Crippen LogP contribution in [0.1, 0.15) is 28.7 Å². The van der Waals surface area contributed by atoms with Crippen molar-refractivity contribution in [3.05, 3.63) is 41.6 Å². The van der Waals surface area contributed by atoms with Crippen LogP contribution in [0.15, 0.2) is 34.0 Å². The minimum atomic E-state index is -0.0550. The number of hydrogen-bond acceptors (Lipinski definition) is 4. The molecule has 0 radical (unpaired) electrons. The number of nitrogens with zero attached hydrogens (tertiary/aromatic N) is 4. The van der Waals surface area contributed by atoms with Crippen LogP contribution in [-0.4, -0.2) is 64.6 Å². The highest BCUT2D eigenvalue weighted by molar-refractivity contribution is 14.0. The van der Waals surface area contributed by atoms with Gasteiger partial charge >= 0.3 is 0 Å². The summed E-state index contributed by atoms with van der Waals surface area (Å²) in [4.78, 5) is 21.1. The first-order valence-electron chi connectivity index (χ1n) is 8.54. The molecule has 3 rings (SSSR count). The second kappa shape index (κ2) is 9.60. The third-order valence-corrected chi connectivity index (χ3v) is 4.27. The number of guanidine groups is 1. The molecule has 3 heterocycles. The minimum Gasteiger partial charge on any atom is -0.459 e. The van der Waals surface area contributed by atoms with Gasteiger partial charge in [0.1, 0.15) is 0 Å². The summed E-state index contributed by atoms with van der Waals surface area (Å²) in [6.45, 7) is 8.19. The standard InChI is InChI=1S/C17H24N6O2.HI/c1-3-18-17(19-11-14-12-20-21-13(14)2)23-8-6-22(7-9-23)16(24)15-5-4-10-25-15;/h4-5,10,12H,3,6-9,11H2,1-2H3,(H,18,19)(H,20,21);1H. The number of rotatable bonds is 4. The van der Waals surface area contributed by atoms with Crippen molar-refractivity contribution in [1.29, 1.82) is 0 Å². The molecule has 1 amide bonds. The Labute approximate surface area is 170 Å². The highest BCUT2D eigenvalue weighted by atomic mass is 127. The first kappa shape index (κ1) is 20.3. The van der Waals surface area contributed by atoms with Gasteiger partial charge in [-0.3, -0.25) is 9.89 Å². The van der Waals surface area contributed by atoms with Gasteiger partial charge in [0.2, 0.25) is 0 Å². The number of carbonyl (C=O) groups is 1. The zero-order valence-electron chi connectivity index (χ0n) is 15.1. The number of aryl methyl sites for hydroxylation is 1. The maximum Gasteiger partial charge on any atom is 0.289 e. The monoisotopic (exact) mass is 472 g/mol. The molecule has 0 spiro atoms. The van der Waals surface area contributed by atoms with Gasteiger partial charge in [0, 0.05) is 44.0 Å². The van der Waals surface area contributed by atoms with E-state index in [1.807, 2.05) is 18.0 Å². The molecule has 26 heavy (non-hydrogen) atoms. The van der Waals surface area contributed by atoms with Crippen molar-refractivity contribution in [2.45, 2.75) is 20.4 Å². The zero-order valence-corrected chi connectivity index (χ0v) is 17.4. The van der Waals surface area contributed by atoms with E-state index in [4.69, 9.17) is 9.41 Å². The van der Waals surface area contributed by atoms with Crippen LogP contribution in [-0.2, 0) is 6.54 Å². The Morgan fingerprint density at radius 3 is 2.65 bits per heavy atom. The van der Waals surface area contributed by atoms with Crippen LogP contribution < -0.4 is 5.32 Å². The molecule has 0 unspecified atom stereocenters. The van der Waals surface area contributed by atoms with Gasteiger partial charge in [0.05, 0.1) is 19.0 Å². The number of piperazine rings is 1. The van der Waals surface area contributed by atoms with Crippen molar-refractivity contribution in [1.82, 2.24) is 25.3 Å². The molecule has 0 bridgehead atoms. The normalized spacial score (nSPS) is 14.9. The molecule has 2 aromatic heterocycles. The van der Waals surface area contributed by atoms with Gasteiger partial charge in [-0.2, -0.15) is 5.10 Å². The number of aromatic nitrogens is 2. The molecule has 142 valence electrons. The van der Waals surface area contributed by atoms with E-state index in [0.29, 0.717) is 25.4 Å². The van der Waals surface area contributed by atoms with Crippen LogP contribution in [0, 0.1) is 6.92 Å². The molecule has 0 saturated carbocycles. The van der Waals surface area contributed by atoms with Crippen LogP contribution in [0.3, 0.4) is 0 Å². The number of furan rings is 1. The number of aliphatic imine (C=N–C) groups is 1. The van der Waals surface area contributed by atoms with Crippen molar-refractivity contribution in [3.8, 4) is 0 Å². The molecular weight excluding hydrogens is 447 g/mol. The zero-order chi connectivity index (χ0) is 17.6. The minimum absolute atomic E-state index is 0. The van der Waals surface area contributed by atoms with E-state index in [1.165, 1.54) is 6.26 Å². The van der Waals surface area contributed by atoms with Crippen LogP contribution >= 0.6 is 24.0 Å². The molecule has 0 atom stereocenters. The first-order valence-corrected chi connectivity index (χ1v) is 8.54.